The zero-order valence-electron chi connectivity index (χ0n) is 45.3. The highest BCUT2D eigenvalue weighted by atomic mass is 28.3. The lowest BCUT2D eigenvalue weighted by Gasteiger charge is -2.34. The molecule has 0 unspecified atom stereocenters. The van der Waals surface area contributed by atoms with Gasteiger partial charge in [0.05, 0.1) is 27.8 Å². The van der Waals surface area contributed by atoms with Gasteiger partial charge in [0, 0.05) is 38.4 Å². The fraction of sp³-hybridized carbons (Fsp3) is 0.0127. The summed E-state index contributed by atoms with van der Waals surface area (Å²) in [6, 6.07) is 123. The van der Waals surface area contributed by atoms with E-state index < -0.39 is 8.07 Å². The van der Waals surface area contributed by atoms with E-state index in [0.717, 1.165) is 39.6 Å². The van der Waals surface area contributed by atoms with Crippen LogP contribution in [-0.2, 0) is 6.04 Å². The first-order valence-corrected chi connectivity index (χ1v) is 30.7. The molecule has 0 fully saturated rings. The van der Waals surface area contributed by atoms with Crippen LogP contribution in [0, 0.1) is 0 Å². The van der Waals surface area contributed by atoms with E-state index in [2.05, 4.69) is 337 Å². The number of fused-ring (bicyclic) bond motifs is 6. The minimum atomic E-state index is -2.77. The van der Waals surface area contributed by atoms with E-state index in [1.54, 1.807) is 0 Å². The van der Waals surface area contributed by atoms with Crippen LogP contribution in [0.2, 0.25) is 0 Å². The maximum absolute atomic E-state index is 2.77. The van der Waals surface area contributed by atoms with Gasteiger partial charge in [-0.25, -0.2) is 0 Å². The third-order valence-electron chi connectivity index (χ3n) is 17.0. The molecule has 2 nitrogen and oxygen atoms in total. The Morgan fingerprint density at radius 1 is 0.244 bits per heavy atom. The summed E-state index contributed by atoms with van der Waals surface area (Å²) in [4.78, 5) is 0. The normalized spacial score (nSPS) is 11.7. The van der Waals surface area contributed by atoms with Gasteiger partial charge in [-0.3, -0.25) is 0 Å². The lowest BCUT2D eigenvalue weighted by Crippen LogP contribution is -2.68. The zero-order chi connectivity index (χ0) is 54.4. The van der Waals surface area contributed by atoms with Crippen LogP contribution in [0.5, 0.6) is 0 Å². The molecule has 0 amide bonds. The van der Waals surface area contributed by atoms with E-state index in [1.807, 2.05) is 0 Å². The molecule has 0 atom stereocenters. The molecule has 0 bridgehead atoms. The SMILES string of the molecule is c1ccc(-c2ccc([Si](Cc3cccc4c3c3ccccc3n4-c3ccc4c(c3)c3ccccc3n4-c3c(-c4cccc(-c5ccccc5)c4)cccc3-c3cccc(-c4ccccc4)c3)(c3ccccc3)c3ccccc3)cc2)cc1. The van der Waals surface area contributed by atoms with Crippen LogP contribution >= 0.6 is 0 Å². The first-order valence-electron chi connectivity index (χ1n) is 28.4. The number of para-hydroxylation sites is 3. The number of rotatable bonds is 12. The molecule has 15 rings (SSSR count). The highest BCUT2D eigenvalue weighted by Gasteiger charge is 2.40. The minimum absolute atomic E-state index is 0.883. The van der Waals surface area contributed by atoms with Crippen molar-refractivity contribution in [2.24, 2.45) is 0 Å². The van der Waals surface area contributed by atoms with Gasteiger partial charge in [-0.15, -0.1) is 0 Å². The van der Waals surface area contributed by atoms with Crippen molar-refractivity contribution in [3.8, 4) is 67.0 Å². The Labute approximate surface area is 479 Å². The average molecular weight is 1060 g/mol. The third kappa shape index (κ3) is 8.41. The minimum Gasteiger partial charge on any atom is -0.309 e. The van der Waals surface area contributed by atoms with Crippen LogP contribution in [0.15, 0.2) is 328 Å². The second kappa shape index (κ2) is 20.7. The second-order valence-corrected chi connectivity index (χ2v) is 25.5. The fourth-order valence-corrected chi connectivity index (χ4v) is 18.0. The van der Waals surface area contributed by atoms with E-state index in [4.69, 9.17) is 0 Å². The molecule has 0 N–H and O–H groups in total. The van der Waals surface area contributed by atoms with E-state index in [0.29, 0.717) is 0 Å². The molecule has 0 saturated carbocycles. The van der Waals surface area contributed by atoms with Crippen molar-refractivity contribution in [2.75, 3.05) is 0 Å². The molecule has 13 aromatic carbocycles. The van der Waals surface area contributed by atoms with E-state index in [9.17, 15) is 0 Å². The molecule has 0 aliphatic carbocycles. The second-order valence-electron chi connectivity index (χ2n) is 21.6. The number of hydrogen-bond acceptors (Lipinski definition) is 0. The number of benzene rings is 13. The Hall–Kier alpha value is -10.3. The van der Waals surface area contributed by atoms with Gasteiger partial charge in [0.1, 0.15) is 0 Å². The van der Waals surface area contributed by atoms with Gasteiger partial charge in [-0.05, 0) is 120 Å². The van der Waals surface area contributed by atoms with Gasteiger partial charge in [0.25, 0.3) is 0 Å². The van der Waals surface area contributed by atoms with Crippen molar-refractivity contribution < 1.29 is 0 Å². The van der Waals surface area contributed by atoms with E-state index in [-0.39, 0.29) is 0 Å². The van der Waals surface area contributed by atoms with Gasteiger partial charge in [-0.1, -0.05) is 279 Å². The van der Waals surface area contributed by atoms with E-state index in [1.165, 1.54) is 98.2 Å². The van der Waals surface area contributed by atoms with Gasteiger partial charge in [0.2, 0.25) is 0 Å². The molecule has 0 radical (unpaired) electrons. The average Bonchev–Trinajstić information content (AvgIpc) is 4.17. The van der Waals surface area contributed by atoms with E-state index >= 15 is 0 Å². The Morgan fingerprint density at radius 3 is 1.22 bits per heavy atom. The molecular weight excluding hydrogens is 1000 g/mol. The molecular formula is C79H56N2Si. The van der Waals surface area contributed by atoms with Crippen LogP contribution < -0.4 is 15.6 Å². The lowest BCUT2D eigenvalue weighted by atomic mass is 9.92. The summed E-state index contributed by atoms with van der Waals surface area (Å²) in [5.74, 6) is 0. The van der Waals surface area contributed by atoms with Crippen molar-refractivity contribution in [2.45, 2.75) is 6.04 Å². The Bertz CT molecular complexity index is 4650. The lowest BCUT2D eigenvalue weighted by molar-refractivity contribution is 1.17. The topological polar surface area (TPSA) is 9.86 Å². The van der Waals surface area contributed by atoms with Gasteiger partial charge < -0.3 is 9.13 Å². The van der Waals surface area contributed by atoms with Crippen LogP contribution in [0.25, 0.3) is 111 Å². The predicted molar refractivity (Wildman–Crippen MR) is 350 cm³/mol. The summed E-state index contributed by atoms with van der Waals surface area (Å²) < 4.78 is 5.06. The molecule has 2 heterocycles. The largest absolute Gasteiger partial charge is 0.309 e. The number of nitrogens with zero attached hydrogens (tertiary/aromatic N) is 2. The first-order chi connectivity index (χ1) is 40.7. The molecule has 0 spiro atoms. The predicted octanol–water partition coefficient (Wildman–Crippen LogP) is 18.5. The molecule has 82 heavy (non-hydrogen) atoms. The summed E-state index contributed by atoms with van der Waals surface area (Å²) in [5.41, 5.74) is 20.2. The Balaban J connectivity index is 0.933. The first kappa shape index (κ1) is 48.8. The molecule has 0 saturated heterocycles. The van der Waals surface area contributed by atoms with Crippen molar-refractivity contribution in [1.29, 1.82) is 0 Å². The molecule has 15 aromatic rings. The van der Waals surface area contributed by atoms with Gasteiger partial charge >= 0.3 is 0 Å². The highest BCUT2D eigenvalue weighted by Crippen LogP contribution is 2.44. The monoisotopic (exact) mass is 1060 g/mol. The third-order valence-corrected chi connectivity index (χ3v) is 21.9. The molecule has 3 heteroatoms. The molecule has 0 aliphatic rings. The molecule has 386 valence electrons. The Kier molecular flexibility index (Phi) is 12.3. The van der Waals surface area contributed by atoms with Gasteiger partial charge in [-0.2, -0.15) is 0 Å². The maximum atomic E-state index is 2.54. The van der Waals surface area contributed by atoms with Crippen molar-refractivity contribution in [1.82, 2.24) is 9.13 Å². The summed E-state index contributed by atoms with van der Waals surface area (Å²) in [7, 11) is -2.77. The van der Waals surface area contributed by atoms with Crippen LogP contribution in [0.4, 0.5) is 0 Å². The summed E-state index contributed by atoms with van der Waals surface area (Å²) in [6.45, 7) is 0. The number of hydrogen-bond donors (Lipinski definition) is 0. The van der Waals surface area contributed by atoms with Gasteiger partial charge in [0.15, 0.2) is 8.07 Å². The number of aromatic nitrogens is 2. The van der Waals surface area contributed by atoms with Crippen molar-refractivity contribution in [3.05, 3.63) is 333 Å². The summed E-state index contributed by atoms with van der Waals surface area (Å²) in [6.07, 6.45) is 0. The quantitative estimate of drug-likeness (QED) is 0.0852. The van der Waals surface area contributed by atoms with Crippen LogP contribution in [0.3, 0.4) is 0 Å². The zero-order valence-corrected chi connectivity index (χ0v) is 46.3. The fourth-order valence-electron chi connectivity index (χ4n) is 13.2. The summed E-state index contributed by atoms with van der Waals surface area (Å²) in [5, 5.41) is 9.16. The highest BCUT2D eigenvalue weighted by molar-refractivity contribution is 7.11. The smallest absolute Gasteiger partial charge is 0.152 e. The van der Waals surface area contributed by atoms with Crippen molar-refractivity contribution >= 4 is 67.2 Å². The maximum Gasteiger partial charge on any atom is 0.152 e. The molecule has 0 aliphatic heterocycles. The summed E-state index contributed by atoms with van der Waals surface area (Å²) >= 11 is 0. The Morgan fingerprint density at radius 2 is 0.646 bits per heavy atom. The van der Waals surface area contributed by atoms with Crippen LogP contribution in [0.1, 0.15) is 5.56 Å². The molecule has 2 aromatic heterocycles. The van der Waals surface area contributed by atoms with Crippen LogP contribution in [-0.4, -0.2) is 17.2 Å². The standard InChI is InChI=1S/C79H56N2Si/c1-6-24-56(25-7-1)59-46-49-68(50-47-59)82(66-35-12-4-13-36-66,67-37-14-5-15-38-67)55-64-34-22-45-77-78(64)72-40-17-19-44-75(72)80(77)65-48-51-76-73(54-65)71-39-16-18-43-74(71)81(76)79-69(62-32-20-30-60(52-62)57-26-8-2-9-27-57)41-23-42-70(79)63-33-21-31-61(53-63)58-28-10-3-11-29-58/h1-54H,55H2. The van der Waals surface area contributed by atoms with Crippen molar-refractivity contribution in [3.63, 3.8) is 0 Å².